The van der Waals surface area contributed by atoms with Crippen LogP contribution in [0.25, 0.3) is 0 Å². The zero-order valence-corrected chi connectivity index (χ0v) is 29.1. The molecule has 1 aromatic rings. The zero-order chi connectivity index (χ0) is 30.2. The quantitative estimate of drug-likeness (QED) is 0.210. The number of nitrogens with zero attached hydrogens (tertiary/aromatic N) is 1. The molecule has 4 aliphatic carbocycles. The van der Waals surface area contributed by atoms with Gasteiger partial charge in [0.05, 0.1) is 4.90 Å². The van der Waals surface area contributed by atoms with Crippen molar-refractivity contribution in [2.75, 3.05) is 0 Å². The number of benzene rings is 1. The van der Waals surface area contributed by atoms with Crippen molar-refractivity contribution in [1.29, 1.82) is 0 Å². The molecule has 0 saturated heterocycles. The van der Waals surface area contributed by atoms with E-state index in [1.165, 1.54) is 12.8 Å². The molecule has 0 heterocycles. The first-order valence-electron chi connectivity index (χ1n) is 15.9. The SMILES string of the molecule is Cc1cc(C)c(S(=O)(=O)N/N=C2\CCC3C4CC=C5C[C@@H](O[Si](C)(C)C(C)(C)C)CC[C@]5(C)C4CC[C@]23C)c(C)c1. The van der Waals surface area contributed by atoms with Crippen LogP contribution in [0.3, 0.4) is 0 Å². The van der Waals surface area contributed by atoms with Gasteiger partial charge in [-0.3, -0.25) is 0 Å². The molecule has 5 nitrogen and oxygen atoms in total. The summed E-state index contributed by atoms with van der Waals surface area (Å²) in [5.74, 6) is 1.90. The molecule has 3 saturated carbocycles. The second-order valence-corrected chi connectivity index (χ2v) is 22.2. The Hall–Kier alpha value is -1.44. The van der Waals surface area contributed by atoms with Gasteiger partial charge in [0, 0.05) is 17.2 Å². The molecule has 4 aliphatic rings. The Balaban J connectivity index is 1.33. The van der Waals surface area contributed by atoms with E-state index in [0.29, 0.717) is 28.8 Å². The second kappa shape index (κ2) is 10.3. The molecular weight excluding hydrogens is 545 g/mol. The third kappa shape index (κ3) is 5.30. The minimum Gasteiger partial charge on any atom is -0.414 e. The second-order valence-electron chi connectivity index (χ2n) is 15.9. The van der Waals surface area contributed by atoms with E-state index < -0.39 is 18.3 Å². The van der Waals surface area contributed by atoms with E-state index in [-0.39, 0.29) is 15.9 Å². The minimum atomic E-state index is -3.72. The molecule has 0 aliphatic heterocycles. The molecule has 1 N–H and O–H groups in total. The predicted octanol–water partition coefficient (Wildman–Crippen LogP) is 8.60. The average molecular weight is 599 g/mol. The normalized spacial score (nSPS) is 35.0. The van der Waals surface area contributed by atoms with Gasteiger partial charge in [-0.05, 0) is 125 Å². The maximum absolute atomic E-state index is 13.4. The molecular formula is C34H54N2O3SSi. The molecule has 0 radical (unpaired) electrons. The third-order valence-electron chi connectivity index (χ3n) is 12.2. The number of hydrogen-bond donors (Lipinski definition) is 1. The molecule has 0 bridgehead atoms. The highest BCUT2D eigenvalue weighted by molar-refractivity contribution is 7.89. The number of rotatable bonds is 5. The Kier molecular flexibility index (Phi) is 7.81. The van der Waals surface area contributed by atoms with Crippen LogP contribution >= 0.6 is 0 Å². The number of sulfonamides is 1. The smallest absolute Gasteiger partial charge is 0.277 e. The van der Waals surface area contributed by atoms with Gasteiger partial charge in [0.15, 0.2) is 8.32 Å². The monoisotopic (exact) mass is 598 g/mol. The van der Waals surface area contributed by atoms with Gasteiger partial charge in [-0.25, -0.2) is 4.83 Å². The lowest BCUT2D eigenvalue weighted by molar-refractivity contribution is -0.0194. The van der Waals surface area contributed by atoms with E-state index in [0.717, 1.165) is 60.9 Å². The highest BCUT2D eigenvalue weighted by Crippen LogP contribution is 2.64. The van der Waals surface area contributed by atoms with E-state index in [1.807, 2.05) is 32.9 Å². The Labute approximate surface area is 251 Å². The summed E-state index contributed by atoms with van der Waals surface area (Å²) < 4.78 is 33.6. The van der Waals surface area contributed by atoms with Gasteiger partial charge in [0.25, 0.3) is 10.0 Å². The van der Waals surface area contributed by atoms with Gasteiger partial charge in [0.2, 0.25) is 0 Å². The van der Waals surface area contributed by atoms with Crippen LogP contribution in [0.5, 0.6) is 0 Å². The lowest BCUT2D eigenvalue weighted by atomic mass is 9.48. The fourth-order valence-corrected chi connectivity index (χ4v) is 11.7. The summed E-state index contributed by atoms with van der Waals surface area (Å²) >= 11 is 0. The molecule has 41 heavy (non-hydrogen) atoms. The number of nitrogens with one attached hydrogen (secondary N) is 1. The van der Waals surface area contributed by atoms with Crippen LogP contribution in [-0.2, 0) is 14.4 Å². The van der Waals surface area contributed by atoms with Crippen LogP contribution in [0.1, 0.15) is 103 Å². The van der Waals surface area contributed by atoms with Crippen LogP contribution in [0, 0.1) is 49.4 Å². The molecule has 3 unspecified atom stereocenters. The van der Waals surface area contributed by atoms with Gasteiger partial charge in [0.1, 0.15) is 0 Å². The fraction of sp³-hybridized carbons (Fsp3) is 0.735. The summed E-state index contributed by atoms with van der Waals surface area (Å²) in [6, 6.07) is 3.86. The van der Waals surface area contributed by atoms with Crippen molar-refractivity contribution >= 4 is 24.1 Å². The fourth-order valence-electron chi connectivity index (χ4n) is 9.05. The first-order valence-corrected chi connectivity index (χ1v) is 20.3. The first-order chi connectivity index (χ1) is 18.9. The van der Waals surface area contributed by atoms with Crippen molar-refractivity contribution < 1.29 is 12.8 Å². The van der Waals surface area contributed by atoms with E-state index in [4.69, 9.17) is 4.43 Å². The summed E-state index contributed by atoms with van der Waals surface area (Å²) in [6.07, 6.45) is 11.9. The highest BCUT2D eigenvalue weighted by atomic mass is 32.2. The summed E-state index contributed by atoms with van der Waals surface area (Å²) in [5, 5.41) is 4.92. The lowest BCUT2D eigenvalue weighted by Crippen LogP contribution is -2.52. The van der Waals surface area contributed by atoms with Crippen LogP contribution in [0.4, 0.5) is 0 Å². The van der Waals surface area contributed by atoms with Crippen molar-refractivity contribution in [3.8, 4) is 0 Å². The maximum Gasteiger partial charge on any atom is 0.277 e. The van der Waals surface area contributed by atoms with Crippen molar-refractivity contribution in [2.45, 2.75) is 136 Å². The van der Waals surface area contributed by atoms with Gasteiger partial charge >= 0.3 is 0 Å². The largest absolute Gasteiger partial charge is 0.414 e. The van der Waals surface area contributed by atoms with Crippen molar-refractivity contribution in [3.05, 3.63) is 40.5 Å². The highest BCUT2D eigenvalue weighted by Gasteiger charge is 2.58. The van der Waals surface area contributed by atoms with Gasteiger partial charge in [-0.1, -0.05) is 64.0 Å². The number of fused-ring (bicyclic) bond motifs is 5. The molecule has 228 valence electrons. The molecule has 3 fully saturated rings. The number of aryl methyl sites for hydroxylation is 3. The third-order valence-corrected chi connectivity index (χ3v) is 18.3. The Morgan fingerprint density at radius 3 is 2.22 bits per heavy atom. The van der Waals surface area contributed by atoms with Gasteiger partial charge < -0.3 is 4.43 Å². The zero-order valence-electron chi connectivity index (χ0n) is 27.3. The van der Waals surface area contributed by atoms with Crippen LogP contribution in [-0.4, -0.2) is 28.6 Å². The standard InChI is InChI=1S/C34H54N2O3SSi/c1-22-19-23(2)31(24(3)20-22)40(37,38)36-35-30-14-13-28-27-12-11-25-21-26(39-41(9,10)32(4,5)6)15-17-33(25,7)29(27)16-18-34(28,30)8/h11,19-20,26-29,36H,12-18,21H2,1-10H3/b35-30+/t26-,27?,28?,29?,33-,34-/m0/s1. The molecule has 0 spiro atoms. The van der Waals surface area contributed by atoms with E-state index in [2.05, 4.69) is 63.7 Å². The lowest BCUT2D eigenvalue weighted by Gasteiger charge is -2.57. The average Bonchev–Trinajstić information content (AvgIpc) is 3.17. The summed E-state index contributed by atoms with van der Waals surface area (Å²) in [4.78, 5) is 3.04. The molecule has 0 aromatic heterocycles. The summed E-state index contributed by atoms with van der Waals surface area (Å²) in [6.45, 7) is 22.4. The van der Waals surface area contributed by atoms with E-state index in [1.54, 1.807) is 5.57 Å². The Morgan fingerprint density at radius 2 is 1.59 bits per heavy atom. The van der Waals surface area contributed by atoms with Crippen LogP contribution in [0.15, 0.2) is 33.8 Å². The molecule has 6 atom stereocenters. The van der Waals surface area contributed by atoms with Crippen molar-refractivity contribution in [3.63, 3.8) is 0 Å². The Morgan fingerprint density at radius 1 is 0.976 bits per heavy atom. The molecule has 5 rings (SSSR count). The van der Waals surface area contributed by atoms with Crippen molar-refractivity contribution in [2.24, 2.45) is 33.7 Å². The number of allylic oxidation sites excluding steroid dienone is 1. The van der Waals surface area contributed by atoms with Gasteiger partial charge in [-0.2, -0.15) is 13.5 Å². The van der Waals surface area contributed by atoms with Crippen LogP contribution < -0.4 is 4.83 Å². The minimum absolute atomic E-state index is 0.0363. The van der Waals surface area contributed by atoms with Crippen LogP contribution in [0.2, 0.25) is 18.1 Å². The maximum atomic E-state index is 13.4. The van der Waals surface area contributed by atoms with E-state index >= 15 is 0 Å². The summed E-state index contributed by atoms with van der Waals surface area (Å²) in [5.41, 5.74) is 5.55. The van der Waals surface area contributed by atoms with Crippen molar-refractivity contribution in [1.82, 2.24) is 4.83 Å². The number of hydrogen-bond acceptors (Lipinski definition) is 4. The predicted molar refractivity (Wildman–Crippen MR) is 172 cm³/mol. The summed E-state index contributed by atoms with van der Waals surface area (Å²) in [7, 11) is -5.51. The molecule has 7 heteroatoms. The van der Waals surface area contributed by atoms with E-state index in [9.17, 15) is 8.42 Å². The topological polar surface area (TPSA) is 67.8 Å². The van der Waals surface area contributed by atoms with Gasteiger partial charge in [-0.15, -0.1) is 0 Å². The molecule has 0 amide bonds. The number of hydrazone groups is 1. The Bertz CT molecular complexity index is 1350. The molecule has 1 aromatic carbocycles. The first kappa shape index (κ1) is 31.0.